The summed E-state index contributed by atoms with van der Waals surface area (Å²) in [4.78, 5) is 10.2. The second-order valence-electron chi connectivity index (χ2n) is 5.84. The van der Waals surface area contributed by atoms with Crippen LogP contribution in [-0.4, -0.2) is 37.8 Å². The number of nitro benzene ring substituents is 1. The van der Waals surface area contributed by atoms with Crippen molar-refractivity contribution in [3.05, 3.63) is 33.9 Å². The van der Waals surface area contributed by atoms with E-state index in [0.29, 0.717) is 12.1 Å². The van der Waals surface area contributed by atoms with Gasteiger partial charge in [-0.2, -0.15) is 0 Å². The van der Waals surface area contributed by atoms with Crippen LogP contribution < -0.4 is 5.73 Å². The molecule has 7 nitrogen and oxygen atoms in total. The number of hydrogen-bond acceptors (Lipinski definition) is 5. The Hall–Kier alpha value is -1.22. The van der Waals surface area contributed by atoms with Crippen molar-refractivity contribution in [2.75, 3.05) is 20.1 Å². The van der Waals surface area contributed by atoms with Gasteiger partial charge in [0.2, 0.25) is 10.0 Å². The number of benzene rings is 1. The van der Waals surface area contributed by atoms with Crippen molar-refractivity contribution in [2.24, 2.45) is 11.1 Å². The van der Waals surface area contributed by atoms with Crippen LogP contribution in [0.3, 0.4) is 0 Å². The largest absolute Gasteiger partial charge is 0.330 e. The SMILES string of the molecule is Cc1cc([N+](=O)[O-])ccc1S(=O)(=O)N(C)CC(C)(C)CN.Cl. The first-order valence-corrected chi connectivity index (χ1v) is 7.87. The van der Waals surface area contributed by atoms with Crippen LogP contribution in [0.4, 0.5) is 5.69 Å². The summed E-state index contributed by atoms with van der Waals surface area (Å²) in [6, 6.07) is 3.73. The lowest BCUT2D eigenvalue weighted by Crippen LogP contribution is -2.39. The molecule has 0 unspecified atom stereocenters. The van der Waals surface area contributed by atoms with E-state index in [1.54, 1.807) is 6.92 Å². The van der Waals surface area contributed by atoms with Gasteiger partial charge >= 0.3 is 0 Å². The van der Waals surface area contributed by atoms with Crippen LogP contribution in [-0.2, 0) is 10.0 Å². The van der Waals surface area contributed by atoms with Crippen molar-refractivity contribution >= 4 is 28.1 Å². The standard InChI is InChI=1S/C13H21N3O4S.ClH/c1-10-7-11(16(17)18)5-6-12(10)21(19,20)15(4)9-13(2,3)8-14;/h5-7H,8-9,14H2,1-4H3;1H. The Morgan fingerprint density at radius 3 is 2.32 bits per heavy atom. The monoisotopic (exact) mass is 351 g/mol. The van der Waals surface area contributed by atoms with Crippen molar-refractivity contribution in [3.8, 4) is 0 Å². The van der Waals surface area contributed by atoms with Gasteiger partial charge in [-0.05, 0) is 30.5 Å². The van der Waals surface area contributed by atoms with Gasteiger partial charge in [0, 0.05) is 25.7 Å². The maximum atomic E-state index is 12.5. The lowest BCUT2D eigenvalue weighted by Gasteiger charge is -2.28. The van der Waals surface area contributed by atoms with Crippen LogP contribution in [0.15, 0.2) is 23.1 Å². The average molecular weight is 352 g/mol. The lowest BCUT2D eigenvalue weighted by atomic mass is 9.94. The Balaban J connectivity index is 0.00000441. The molecular weight excluding hydrogens is 330 g/mol. The third-order valence-electron chi connectivity index (χ3n) is 3.26. The number of nitrogens with zero attached hydrogens (tertiary/aromatic N) is 2. The summed E-state index contributed by atoms with van der Waals surface area (Å²) in [5.74, 6) is 0. The first kappa shape index (κ1) is 20.8. The number of non-ortho nitro benzene ring substituents is 1. The summed E-state index contributed by atoms with van der Waals surface area (Å²) in [7, 11) is -2.22. The quantitative estimate of drug-likeness (QED) is 0.622. The van der Waals surface area contributed by atoms with Crippen LogP contribution in [0.25, 0.3) is 0 Å². The van der Waals surface area contributed by atoms with Crippen LogP contribution in [0.2, 0.25) is 0 Å². The molecule has 0 atom stereocenters. The van der Waals surface area contributed by atoms with E-state index in [2.05, 4.69) is 0 Å². The second-order valence-corrected chi connectivity index (χ2v) is 7.85. The highest BCUT2D eigenvalue weighted by atomic mass is 35.5. The highest BCUT2D eigenvalue weighted by molar-refractivity contribution is 7.89. The lowest BCUT2D eigenvalue weighted by molar-refractivity contribution is -0.385. The van der Waals surface area contributed by atoms with Gasteiger partial charge in [0.25, 0.3) is 5.69 Å². The number of rotatable bonds is 6. The van der Waals surface area contributed by atoms with E-state index >= 15 is 0 Å². The molecule has 0 aromatic heterocycles. The Morgan fingerprint density at radius 1 is 1.36 bits per heavy atom. The van der Waals surface area contributed by atoms with Gasteiger partial charge in [0.15, 0.2) is 0 Å². The fourth-order valence-corrected chi connectivity index (χ4v) is 3.52. The normalized spacial score (nSPS) is 12.1. The van der Waals surface area contributed by atoms with Crippen LogP contribution >= 0.6 is 12.4 Å². The van der Waals surface area contributed by atoms with Crippen molar-refractivity contribution in [2.45, 2.75) is 25.7 Å². The van der Waals surface area contributed by atoms with Crippen molar-refractivity contribution in [3.63, 3.8) is 0 Å². The van der Waals surface area contributed by atoms with Gasteiger partial charge in [-0.25, -0.2) is 12.7 Å². The third-order valence-corrected chi connectivity index (χ3v) is 5.22. The first-order valence-electron chi connectivity index (χ1n) is 6.43. The number of sulfonamides is 1. The molecule has 0 bridgehead atoms. The Kier molecular flexibility index (Phi) is 6.96. The van der Waals surface area contributed by atoms with Gasteiger partial charge in [-0.15, -0.1) is 12.4 Å². The first-order chi connectivity index (χ1) is 9.51. The molecule has 0 aliphatic rings. The van der Waals surface area contributed by atoms with E-state index in [1.165, 1.54) is 29.6 Å². The predicted molar refractivity (Wildman–Crippen MR) is 87.7 cm³/mol. The molecule has 0 fully saturated rings. The molecular formula is C13H22ClN3O4S. The van der Waals surface area contributed by atoms with Crippen molar-refractivity contribution in [1.82, 2.24) is 4.31 Å². The Bertz CT molecular complexity index is 647. The zero-order valence-corrected chi connectivity index (χ0v) is 14.7. The van der Waals surface area contributed by atoms with E-state index in [4.69, 9.17) is 5.73 Å². The van der Waals surface area contributed by atoms with Crippen LogP contribution in [0, 0.1) is 22.5 Å². The minimum Gasteiger partial charge on any atom is -0.330 e. The van der Waals surface area contributed by atoms with Gasteiger partial charge < -0.3 is 5.73 Å². The van der Waals surface area contributed by atoms with E-state index in [-0.39, 0.29) is 34.9 Å². The van der Waals surface area contributed by atoms with Crippen LogP contribution in [0.1, 0.15) is 19.4 Å². The van der Waals surface area contributed by atoms with Crippen molar-refractivity contribution in [1.29, 1.82) is 0 Å². The summed E-state index contributed by atoms with van der Waals surface area (Å²) in [5, 5.41) is 10.7. The molecule has 0 aliphatic carbocycles. The van der Waals surface area contributed by atoms with E-state index in [1.807, 2.05) is 13.8 Å². The smallest absolute Gasteiger partial charge is 0.269 e. The molecule has 0 saturated carbocycles. The number of aryl methyl sites for hydroxylation is 1. The third kappa shape index (κ3) is 4.64. The molecule has 0 amide bonds. The number of hydrogen-bond donors (Lipinski definition) is 1. The Labute approximate surface area is 137 Å². The van der Waals surface area contributed by atoms with E-state index in [0.717, 1.165) is 0 Å². The molecule has 0 saturated heterocycles. The summed E-state index contributed by atoms with van der Waals surface area (Å²) in [6.07, 6.45) is 0. The molecule has 0 radical (unpaired) electrons. The molecule has 0 heterocycles. The average Bonchev–Trinajstić information content (AvgIpc) is 2.37. The number of halogens is 1. The summed E-state index contributed by atoms with van der Waals surface area (Å²) < 4.78 is 26.3. The molecule has 0 spiro atoms. The maximum Gasteiger partial charge on any atom is 0.269 e. The summed E-state index contributed by atoms with van der Waals surface area (Å²) >= 11 is 0. The Morgan fingerprint density at radius 2 is 1.91 bits per heavy atom. The molecule has 22 heavy (non-hydrogen) atoms. The summed E-state index contributed by atoms with van der Waals surface area (Å²) in [6.45, 7) is 5.92. The predicted octanol–water partition coefficient (Wildman–Crippen LogP) is 1.93. The van der Waals surface area contributed by atoms with Gasteiger partial charge in [0.1, 0.15) is 0 Å². The second kappa shape index (κ2) is 7.36. The fourth-order valence-electron chi connectivity index (χ4n) is 1.96. The van der Waals surface area contributed by atoms with Gasteiger partial charge in [-0.1, -0.05) is 13.8 Å². The number of nitrogens with two attached hydrogens (primary N) is 1. The van der Waals surface area contributed by atoms with Gasteiger partial charge in [0.05, 0.1) is 9.82 Å². The highest BCUT2D eigenvalue weighted by Crippen LogP contribution is 2.25. The van der Waals surface area contributed by atoms with Crippen molar-refractivity contribution < 1.29 is 13.3 Å². The molecule has 9 heteroatoms. The fraction of sp³-hybridized carbons (Fsp3) is 0.538. The molecule has 0 aliphatic heterocycles. The topological polar surface area (TPSA) is 107 Å². The maximum absolute atomic E-state index is 12.5. The number of nitro groups is 1. The molecule has 2 N–H and O–H groups in total. The minimum absolute atomic E-state index is 0. The highest BCUT2D eigenvalue weighted by Gasteiger charge is 2.28. The zero-order chi connectivity index (χ0) is 16.4. The van der Waals surface area contributed by atoms with E-state index < -0.39 is 14.9 Å². The summed E-state index contributed by atoms with van der Waals surface area (Å²) in [5.41, 5.74) is 5.49. The molecule has 1 rings (SSSR count). The van der Waals surface area contributed by atoms with Gasteiger partial charge in [-0.3, -0.25) is 10.1 Å². The zero-order valence-electron chi connectivity index (χ0n) is 13.1. The molecule has 1 aromatic rings. The van der Waals surface area contributed by atoms with E-state index in [9.17, 15) is 18.5 Å². The molecule has 1 aromatic carbocycles. The minimum atomic E-state index is -3.70. The molecule has 126 valence electrons. The van der Waals surface area contributed by atoms with Crippen LogP contribution in [0.5, 0.6) is 0 Å².